The second kappa shape index (κ2) is 12.9. The number of nitrogens with one attached hydrogen (secondary N) is 1. The maximum absolute atomic E-state index is 13.6. The quantitative estimate of drug-likeness (QED) is 0.204. The van der Waals surface area contributed by atoms with Crippen LogP contribution in [0.25, 0.3) is 5.70 Å². The third kappa shape index (κ3) is 6.31. The Bertz CT molecular complexity index is 1710. The minimum Gasteiger partial charge on any atom is -0.478 e. The number of hydrogen-bond acceptors (Lipinski definition) is 4. The number of carboxylic acid groups (broad SMARTS) is 1. The van der Waals surface area contributed by atoms with E-state index >= 15 is 0 Å². The monoisotopic (exact) mass is 603 g/mol. The summed E-state index contributed by atoms with van der Waals surface area (Å²) in [6, 6.07) is 30.8. The van der Waals surface area contributed by atoms with Crippen molar-refractivity contribution in [2.24, 2.45) is 11.0 Å². The average molecular weight is 604 g/mol. The van der Waals surface area contributed by atoms with E-state index < -0.39 is 5.97 Å². The zero-order valence-electron chi connectivity index (χ0n) is 24.4. The maximum atomic E-state index is 13.6. The molecule has 1 saturated carbocycles. The van der Waals surface area contributed by atoms with E-state index in [1.165, 1.54) is 0 Å². The second-order valence-electron chi connectivity index (χ2n) is 11.5. The zero-order chi connectivity index (χ0) is 30.6. The van der Waals surface area contributed by atoms with Gasteiger partial charge in [-0.3, -0.25) is 9.80 Å². The largest absolute Gasteiger partial charge is 0.478 e. The second-order valence-corrected chi connectivity index (χ2v) is 11.9. The lowest BCUT2D eigenvalue weighted by atomic mass is 9.83. The van der Waals surface area contributed by atoms with Crippen LogP contribution in [0, 0.1) is 5.92 Å². The van der Waals surface area contributed by atoms with E-state index in [0.717, 1.165) is 70.5 Å². The number of hydrazone groups is 1. The van der Waals surface area contributed by atoms with Crippen LogP contribution in [0.1, 0.15) is 75.3 Å². The lowest BCUT2D eigenvalue weighted by molar-refractivity contribution is -0.123. The van der Waals surface area contributed by atoms with Gasteiger partial charge in [-0.2, -0.15) is 5.10 Å². The van der Waals surface area contributed by atoms with Crippen molar-refractivity contribution >= 4 is 34.9 Å². The van der Waals surface area contributed by atoms with E-state index in [4.69, 9.17) is 21.8 Å². The summed E-state index contributed by atoms with van der Waals surface area (Å²) in [4.78, 5) is 24.8. The van der Waals surface area contributed by atoms with E-state index in [1.54, 1.807) is 24.3 Å². The highest BCUT2D eigenvalue weighted by atomic mass is 35.5. The number of amides is 1. The van der Waals surface area contributed by atoms with Gasteiger partial charge in [0.05, 0.1) is 29.4 Å². The summed E-state index contributed by atoms with van der Waals surface area (Å²) in [7, 11) is 0. The molecule has 7 heteroatoms. The first kappa shape index (κ1) is 29.4. The Morgan fingerprint density at radius 3 is 2.18 bits per heavy atom. The number of fused-ring (bicyclic) bond motifs is 1. The normalized spacial score (nSPS) is 15.4. The molecule has 6 nitrogen and oxygen atoms in total. The van der Waals surface area contributed by atoms with Gasteiger partial charge in [-0.05, 0) is 59.7 Å². The molecule has 0 aromatic heterocycles. The van der Waals surface area contributed by atoms with E-state index in [2.05, 4.69) is 48.3 Å². The van der Waals surface area contributed by atoms with Crippen LogP contribution >= 0.6 is 11.6 Å². The van der Waals surface area contributed by atoms with Crippen molar-refractivity contribution in [3.63, 3.8) is 0 Å². The number of rotatable bonds is 9. The smallest absolute Gasteiger partial charge is 0.335 e. The van der Waals surface area contributed by atoms with Crippen LogP contribution < -0.4 is 5.32 Å². The molecule has 1 aliphatic carbocycles. The van der Waals surface area contributed by atoms with Crippen LogP contribution in [0.5, 0.6) is 0 Å². The summed E-state index contributed by atoms with van der Waals surface area (Å²) in [5.74, 6) is -0.907. The van der Waals surface area contributed by atoms with Gasteiger partial charge in [0.2, 0.25) is 5.91 Å². The molecule has 1 amide bonds. The first-order valence-electron chi connectivity index (χ1n) is 15.0. The third-order valence-corrected chi connectivity index (χ3v) is 8.89. The number of carbonyl (C=O) groups excluding carboxylic acids is 1. The highest BCUT2D eigenvalue weighted by molar-refractivity contribution is 6.30. The molecule has 1 aliphatic heterocycles. The van der Waals surface area contributed by atoms with Gasteiger partial charge < -0.3 is 10.4 Å². The van der Waals surface area contributed by atoms with Gasteiger partial charge in [-0.15, -0.1) is 0 Å². The van der Waals surface area contributed by atoms with Crippen molar-refractivity contribution in [3.05, 3.63) is 148 Å². The molecule has 1 fully saturated rings. The molecule has 1 unspecified atom stereocenters. The molecule has 4 aromatic carbocycles. The van der Waals surface area contributed by atoms with Crippen molar-refractivity contribution in [1.29, 1.82) is 0 Å². The molecule has 1 heterocycles. The van der Waals surface area contributed by atoms with E-state index in [-0.39, 0.29) is 17.4 Å². The standard InChI is InChI=1S/C37H34ClN3O3/c1-24-32-8-4-5-9-33(32)35(29-18-20-31(38)21-19-29)40-41(24)23-26-12-14-28(15-13-26)34(27-6-2-3-7-27)36(42)39-22-25-10-16-30(17-11-25)37(43)44/h4-5,8-21,27,34H,1-3,6-7,22-23H2,(H,39,42)(H,43,44). The molecule has 0 spiro atoms. The Morgan fingerprint density at radius 1 is 0.886 bits per heavy atom. The van der Waals surface area contributed by atoms with Gasteiger partial charge >= 0.3 is 5.97 Å². The lowest BCUT2D eigenvalue weighted by Crippen LogP contribution is -2.32. The highest BCUT2D eigenvalue weighted by Crippen LogP contribution is 2.38. The van der Waals surface area contributed by atoms with Gasteiger partial charge in [-0.25, -0.2) is 4.79 Å². The zero-order valence-corrected chi connectivity index (χ0v) is 25.1. The van der Waals surface area contributed by atoms with Gasteiger partial charge in [0.25, 0.3) is 0 Å². The number of hydrogen-bond donors (Lipinski definition) is 2. The fourth-order valence-corrected chi connectivity index (χ4v) is 6.39. The van der Waals surface area contributed by atoms with Gasteiger partial charge in [0, 0.05) is 28.3 Å². The summed E-state index contributed by atoms with van der Waals surface area (Å²) >= 11 is 6.16. The van der Waals surface area contributed by atoms with E-state index in [0.29, 0.717) is 24.0 Å². The molecule has 0 saturated heterocycles. The Labute approximate surface area is 262 Å². The molecule has 222 valence electrons. The number of halogens is 1. The van der Waals surface area contributed by atoms with Crippen molar-refractivity contribution in [2.75, 3.05) is 0 Å². The summed E-state index contributed by atoms with van der Waals surface area (Å²) in [6.07, 6.45) is 4.33. The van der Waals surface area contributed by atoms with Gasteiger partial charge in [-0.1, -0.05) is 104 Å². The Hall–Kier alpha value is -4.68. The molecule has 0 radical (unpaired) electrons. The predicted molar refractivity (Wildman–Crippen MR) is 174 cm³/mol. The highest BCUT2D eigenvalue weighted by Gasteiger charge is 2.32. The minimum atomic E-state index is -0.964. The molecule has 44 heavy (non-hydrogen) atoms. The SMILES string of the molecule is C=C1c2ccccc2C(c2ccc(Cl)cc2)=NN1Cc1ccc(C(C(=O)NCc2ccc(C(=O)O)cc2)C2CCCC2)cc1. The maximum Gasteiger partial charge on any atom is 0.335 e. The Balaban J connectivity index is 1.20. The average Bonchev–Trinajstić information content (AvgIpc) is 3.57. The molecule has 0 bridgehead atoms. The van der Waals surface area contributed by atoms with Crippen LogP contribution in [0.2, 0.25) is 5.02 Å². The Morgan fingerprint density at radius 2 is 1.52 bits per heavy atom. The summed E-state index contributed by atoms with van der Waals surface area (Å²) in [6.45, 7) is 5.26. The van der Waals surface area contributed by atoms with Crippen LogP contribution in [-0.2, 0) is 17.9 Å². The fourth-order valence-electron chi connectivity index (χ4n) is 6.26. The summed E-state index contributed by atoms with van der Waals surface area (Å²) < 4.78 is 0. The molecule has 6 rings (SSSR count). The van der Waals surface area contributed by atoms with Gasteiger partial charge in [0.15, 0.2) is 0 Å². The van der Waals surface area contributed by atoms with Crippen molar-refractivity contribution in [1.82, 2.24) is 10.3 Å². The topological polar surface area (TPSA) is 82.0 Å². The summed E-state index contributed by atoms with van der Waals surface area (Å²) in [5.41, 5.74) is 7.94. The van der Waals surface area contributed by atoms with Crippen LogP contribution in [0.4, 0.5) is 0 Å². The molecule has 1 atom stereocenters. The number of nitrogens with zero attached hydrogens (tertiary/aromatic N) is 2. The number of carbonyl (C=O) groups is 2. The molecular weight excluding hydrogens is 570 g/mol. The van der Waals surface area contributed by atoms with E-state index in [9.17, 15) is 9.59 Å². The molecule has 2 aliphatic rings. The van der Waals surface area contributed by atoms with Crippen LogP contribution in [-0.4, -0.2) is 27.7 Å². The molecule has 4 aromatic rings. The van der Waals surface area contributed by atoms with Crippen molar-refractivity contribution < 1.29 is 14.7 Å². The minimum absolute atomic E-state index is 0.00480. The predicted octanol–water partition coefficient (Wildman–Crippen LogP) is 7.87. The summed E-state index contributed by atoms with van der Waals surface area (Å²) in [5, 5.41) is 19.9. The molecular formula is C37H34ClN3O3. The van der Waals surface area contributed by atoms with Crippen LogP contribution in [0.15, 0.2) is 109 Å². The van der Waals surface area contributed by atoms with Gasteiger partial charge in [0.1, 0.15) is 0 Å². The fraction of sp³-hybridized carbons (Fsp3) is 0.216. The Kier molecular flexibility index (Phi) is 8.62. The first-order chi connectivity index (χ1) is 21.4. The van der Waals surface area contributed by atoms with Crippen molar-refractivity contribution in [2.45, 2.75) is 44.7 Å². The van der Waals surface area contributed by atoms with Crippen molar-refractivity contribution in [3.8, 4) is 0 Å². The number of benzene rings is 4. The number of carboxylic acids is 1. The number of aromatic carboxylic acids is 1. The lowest BCUT2D eigenvalue weighted by Gasteiger charge is -2.30. The van der Waals surface area contributed by atoms with Crippen LogP contribution in [0.3, 0.4) is 0 Å². The third-order valence-electron chi connectivity index (χ3n) is 8.64. The first-order valence-corrected chi connectivity index (χ1v) is 15.3. The van der Waals surface area contributed by atoms with E-state index in [1.807, 2.05) is 41.4 Å². The molecule has 2 N–H and O–H groups in total.